The van der Waals surface area contributed by atoms with E-state index in [1.54, 1.807) is 12.1 Å². The minimum atomic E-state index is -0.0180. The maximum atomic E-state index is 9.49. The van der Waals surface area contributed by atoms with Gasteiger partial charge in [0, 0.05) is 10.9 Å². The Labute approximate surface area is 118 Å². The Balaban J connectivity index is 2.01. The van der Waals surface area contributed by atoms with Crippen molar-refractivity contribution in [2.24, 2.45) is 0 Å². The fraction of sp³-hybridized carbons (Fsp3) is 0.250. The molecule has 0 aromatic heterocycles. The fourth-order valence-electron chi connectivity index (χ4n) is 1.91. The third-order valence-electron chi connectivity index (χ3n) is 3.00. The van der Waals surface area contributed by atoms with Crippen molar-refractivity contribution in [1.29, 1.82) is 0 Å². The summed E-state index contributed by atoms with van der Waals surface area (Å²) in [6, 6.07) is 15.4. The van der Waals surface area contributed by atoms with Gasteiger partial charge in [-0.25, -0.2) is 0 Å². The van der Waals surface area contributed by atoms with Crippen molar-refractivity contribution in [3.8, 4) is 5.75 Å². The minimum absolute atomic E-state index is 0.0180. The maximum Gasteiger partial charge on any atom is 0.119 e. The van der Waals surface area contributed by atoms with E-state index >= 15 is 0 Å². The Hall–Kier alpha value is -1.51. The van der Waals surface area contributed by atoms with Gasteiger partial charge in [-0.05, 0) is 36.8 Å². The van der Waals surface area contributed by atoms with Gasteiger partial charge in [-0.3, -0.25) is 0 Å². The molecule has 100 valence electrons. The predicted molar refractivity (Wildman–Crippen MR) is 78.0 cm³/mol. The first-order valence-electron chi connectivity index (χ1n) is 6.25. The second-order valence-corrected chi connectivity index (χ2v) is 4.99. The second-order valence-electron chi connectivity index (χ2n) is 4.56. The van der Waals surface area contributed by atoms with E-state index in [0.29, 0.717) is 11.6 Å². The SMILES string of the molecule is Cc1cccc(C(CO)COc2ccc(Cl)cc2)c1. The van der Waals surface area contributed by atoms with Crippen LogP contribution < -0.4 is 4.74 Å². The Morgan fingerprint density at radius 2 is 1.89 bits per heavy atom. The molecule has 0 aliphatic heterocycles. The van der Waals surface area contributed by atoms with Gasteiger partial charge in [-0.1, -0.05) is 41.4 Å². The molecule has 0 saturated heterocycles. The lowest BCUT2D eigenvalue weighted by Crippen LogP contribution is -2.14. The largest absolute Gasteiger partial charge is 0.493 e. The van der Waals surface area contributed by atoms with E-state index in [1.165, 1.54) is 5.56 Å². The average Bonchev–Trinajstić information content (AvgIpc) is 2.42. The van der Waals surface area contributed by atoms with Crippen LogP contribution in [-0.4, -0.2) is 18.3 Å². The van der Waals surface area contributed by atoms with E-state index in [-0.39, 0.29) is 12.5 Å². The van der Waals surface area contributed by atoms with Gasteiger partial charge in [-0.15, -0.1) is 0 Å². The highest BCUT2D eigenvalue weighted by atomic mass is 35.5. The molecule has 0 aliphatic rings. The number of aryl methyl sites for hydroxylation is 1. The van der Waals surface area contributed by atoms with Crippen molar-refractivity contribution >= 4 is 11.6 Å². The lowest BCUT2D eigenvalue weighted by molar-refractivity contribution is 0.205. The standard InChI is InChI=1S/C16H17ClO2/c1-12-3-2-4-13(9-12)14(10-18)11-19-16-7-5-15(17)6-8-16/h2-9,14,18H,10-11H2,1H3. The molecule has 1 atom stereocenters. The van der Waals surface area contributed by atoms with Crippen molar-refractivity contribution in [2.75, 3.05) is 13.2 Å². The van der Waals surface area contributed by atoms with Crippen LogP contribution in [0, 0.1) is 6.92 Å². The first-order valence-corrected chi connectivity index (χ1v) is 6.62. The Morgan fingerprint density at radius 1 is 1.16 bits per heavy atom. The van der Waals surface area contributed by atoms with Crippen LogP contribution in [0.5, 0.6) is 5.75 Å². The molecule has 0 aliphatic carbocycles. The summed E-state index contributed by atoms with van der Waals surface area (Å²) in [5.74, 6) is 0.742. The summed E-state index contributed by atoms with van der Waals surface area (Å²) < 4.78 is 5.69. The second kappa shape index (κ2) is 6.60. The van der Waals surface area contributed by atoms with Crippen LogP contribution in [0.15, 0.2) is 48.5 Å². The first kappa shape index (κ1) is 13.9. The molecule has 0 heterocycles. The zero-order valence-electron chi connectivity index (χ0n) is 10.8. The molecule has 2 aromatic rings. The van der Waals surface area contributed by atoms with Crippen LogP contribution in [0.2, 0.25) is 5.02 Å². The van der Waals surface area contributed by atoms with Crippen molar-refractivity contribution in [3.63, 3.8) is 0 Å². The van der Waals surface area contributed by atoms with E-state index < -0.39 is 0 Å². The molecular weight excluding hydrogens is 260 g/mol. The van der Waals surface area contributed by atoms with Crippen LogP contribution in [0.4, 0.5) is 0 Å². The van der Waals surface area contributed by atoms with Gasteiger partial charge >= 0.3 is 0 Å². The van der Waals surface area contributed by atoms with Crippen molar-refractivity contribution in [2.45, 2.75) is 12.8 Å². The summed E-state index contributed by atoms with van der Waals surface area (Å²) in [4.78, 5) is 0. The van der Waals surface area contributed by atoms with Crippen LogP contribution in [0.25, 0.3) is 0 Å². The zero-order valence-corrected chi connectivity index (χ0v) is 11.6. The Morgan fingerprint density at radius 3 is 2.53 bits per heavy atom. The highest BCUT2D eigenvalue weighted by molar-refractivity contribution is 6.30. The molecule has 0 radical (unpaired) electrons. The van der Waals surface area contributed by atoms with Crippen molar-refractivity contribution in [1.82, 2.24) is 0 Å². The highest BCUT2D eigenvalue weighted by Crippen LogP contribution is 2.20. The lowest BCUT2D eigenvalue weighted by Gasteiger charge is -2.16. The molecule has 1 N–H and O–H groups in total. The van der Waals surface area contributed by atoms with Gasteiger partial charge in [0.1, 0.15) is 5.75 Å². The molecule has 1 unspecified atom stereocenters. The molecule has 3 heteroatoms. The number of rotatable bonds is 5. The van der Waals surface area contributed by atoms with E-state index in [1.807, 2.05) is 37.3 Å². The summed E-state index contributed by atoms with van der Waals surface area (Å²) in [5.41, 5.74) is 2.28. The average molecular weight is 277 g/mol. The van der Waals surface area contributed by atoms with Crippen molar-refractivity contribution in [3.05, 3.63) is 64.7 Å². The van der Waals surface area contributed by atoms with Gasteiger partial charge in [0.25, 0.3) is 0 Å². The van der Waals surface area contributed by atoms with Crippen molar-refractivity contribution < 1.29 is 9.84 Å². The van der Waals surface area contributed by atoms with Crippen LogP contribution in [0.1, 0.15) is 17.0 Å². The number of hydrogen-bond donors (Lipinski definition) is 1. The number of halogens is 1. The van der Waals surface area contributed by atoms with E-state index in [9.17, 15) is 5.11 Å². The molecule has 2 nitrogen and oxygen atoms in total. The quantitative estimate of drug-likeness (QED) is 0.900. The normalized spacial score (nSPS) is 12.2. The molecule has 19 heavy (non-hydrogen) atoms. The minimum Gasteiger partial charge on any atom is -0.493 e. The van der Waals surface area contributed by atoms with Gasteiger partial charge in [0.15, 0.2) is 0 Å². The number of ether oxygens (including phenoxy) is 1. The molecular formula is C16H17ClO2. The molecule has 0 amide bonds. The number of aliphatic hydroxyl groups is 1. The summed E-state index contributed by atoms with van der Waals surface area (Å²) in [6.07, 6.45) is 0. The summed E-state index contributed by atoms with van der Waals surface area (Å²) in [7, 11) is 0. The topological polar surface area (TPSA) is 29.5 Å². The fourth-order valence-corrected chi connectivity index (χ4v) is 2.03. The summed E-state index contributed by atoms with van der Waals surface area (Å²) in [5, 5.41) is 10.2. The van der Waals surface area contributed by atoms with Crippen LogP contribution in [0.3, 0.4) is 0 Å². The third kappa shape index (κ3) is 3.98. The molecule has 0 spiro atoms. The monoisotopic (exact) mass is 276 g/mol. The van der Waals surface area contributed by atoms with E-state index in [0.717, 1.165) is 11.3 Å². The van der Waals surface area contributed by atoms with Gasteiger partial charge < -0.3 is 9.84 Å². The summed E-state index contributed by atoms with van der Waals surface area (Å²) >= 11 is 5.82. The summed E-state index contributed by atoms with van der Waals surface area (Å²) in [6.45, 7) is 2.55. The van der Waals surface area contributed by atoms with Gasteiger partial charge in [0.05, 0.1) is 13.2 Å². The van der Waals surface area contributed by atoms with Gasteiger partial charge in [0.2, 0.25) is 0 Å². The zero-order chi connectivity index (χ0) is 13.7. The number of benzene rings is 2. The number of aliphatic hydroxyl groups excluding tert-OH is 1. The molecule has 0 saturated carbocycles. The predicted octanol–water partition coefficient (Wildman–Crippen LogP) is 3.80. The van der Waals surface area contributed by atoms with Crippen LogP contribution in [-0.2, 0) is 0 Å². The maximum absolute atomic E-state index is 9.49. The third-order valence-corrected chi connectivity index (χ3v) is 3.25. The smallest absolute Gasteiger partial charge is 0.119 e. The van der Waals surface area contributed by atoms with E-state index in [2.05, 4.69) is 6.07 Å². The molecule has 2 rings (SSSR count). The molecule has 2 aromatic carbocycles. The number of hydrogen-bond acceptors (Lipinski definition) is 2. The van der Waals surface area contributed by atoms with Crippen LogP contribution >= 0.6 is 11.6 Å². The lowest BCUT2D eigenvalue weighted by atomic mass is 9.99. The Kier molecular flexibility index (Phi) is 4.83. The molecule has 0 fully saturated rings. The highest BCUT2D eigenvalue weighted by Gasteiger charge is 2.11. The first-order chi connectivity index (χ1) is 9.19. The molecule has 0 bridgehead atoms. The Bertz CT molecular complexity index is 523. The van der Waals surface area contributed by atoms with E-state index in [4.69, 9.17) is 16.3 Å². The van der Waals surface area contributed by atoms with Gasteiger partial charge in [-0.2, -0.15) is 0 Å².